The number of carbonyl (C=O) groups is 1. The molecule has 0 spiro atoms. The summed E-state index contributed by atoms with van der Waals surface area (Å²) in [6, 6.07) is 17.5. The number of nitrogen functional groups attached to an aromatic ring is 1. The van der Waals surface area contributed by atoms with Gasteiger partial charge in [-0.1, -0.05) is 30.3 Å². The van der Waals surface area contributed by atoms with E-state index in [9.17, 15) is 4.79 Å². The second-order valence-corrected chi connectivity index (χ2v) is 5.70. The number of para-hydroxylation sites is 1. The van der Waals surface area contributed by atoms with Gasteiger partial charge in [-0.2, -0.15) is 0 Å². The Morgan fingerprint density at radius 1 is 1.05 bits per heavy atom. The zero-order chi connectivity index (χ0) is 14.7. The SMILES string of the molecule is Cl.Nc1ccc(CC(=O)N(CC2CC2)c2ccccc2)cc1. The highest BCUT2D eigenvalue weighted by atomic mass is 35.5. The van der Waals surface area contributed by atoms with Gasteiger partial charge in [0.2, 0.25) is 5.91 Å². The molecule has 0 atom stereocenters. The summed E-state index contributed by atoms with van der Waals surface area (Å²) < 4.78 is 0. The highest BCUT2D eigenvalue weighted by molar-refractivity contribution is 5.94. The van der Waals surface area contributed by atoms with Crippen molar-refractivity contribution in [2.24, 2.45) is 5.92 Å². The third-order valence-electron chi connectivity index (χ3n) is 3.84. The van der Waals surface area contributed by atoms with Crippen molar-refractivity contribution < 1.29 is 4.79 Å². The van der Waals surface area contributed by atoms with Crippen LogP contribution in [-0.2, 0) is 11.2 Å². The topological polar surface area (TPSA) is 46.3 Å². The van der Waals surface area contributed by atoms with E-state index in [1.54, 1.807) is 0 Å². The van der Waals surface area contributed by atoms with E-state index in [0.29, 0.717) is 12.3 Å². The normalized spacial score (nSPS) is 13.3. The number of rotatable bonds is 5. The minimum atomic E-state index is 0. The maximum absolute atomic E-state index is 12.7. The summed E-state index contributed by atoms with van der Waals surface area (Å²) in [5.74, 6) is 0.818. The van der Waals surface area contributed by atoms with Gasteiger partial charge in [-0.3, -0.25) is 4.79 Å². The molecule has 4 heteroatoms. The van der Waals surface area contributed by atoms with E-state index < -0.39 is 0 Å². The molecule has 116 valence electrons. The fourth-order valence-electron chi connectivity index (χ4n) is 2.42. The monoisotopic (exact) mass is 316 g/mol. The molecule has 0 saturated heterocycles. The van der Waals surface area contributed by atoms with Crippen molar-refractivity contribution in [3.05, 3.63) is 60.2 Å². The third-order valence-corrected chi connectivity index (χ3v) is 3.84. The standard InChI is InChI=1S/C18H20N2O.ClH/c19-16-10-8-14(9-11-16)12-18(21)20(13-15-6-7-15)17-4-2-1-3-5-17;/h1-5,8-11,15H,6-7,12-13,19H2;1H. The molecule has 2 aromatic rings. The number of nitrogens with two attached hydrogens (primary N) is 1. The van der Waals surface area contributed by atoms with Gasteiger partial charge in [0.05, 0.1) is 6.42 Å². The van der Waals surface area contributed by atoms with Gasteiger partial charge in [0.25, 0.3) is 0 Å². The number of hydrogen-bond donors (Lipinski definition) is 1. The van der Waals surface area contributed by atoms with Gasteiger partial charge in [-0.05, 0) is 48.6 Å². The molecule has 0 bridgehead atoms. The van der Waals surface area contributed by atoms with E-state index in [-0.39, 0.29) is 18.3 Å². The van der Waals surface area contributed by atoms with Gasteiger partial charge >= 0.3 is 0 Å². The summed E-state index contributed by atoms with van der Waals surface area (Å²) in [6.07, 6.45) is 2.89. The summed E-state index contributed by atoms with van der Waals surface area (Å²) in [5.41, 5.74) is 8.41. The Bertz CT molecular complexity index is 609. The molecule has 0 aromatic heterocycles. The maximum atomic E-state index is 12.7. The van der Waals surface area contributed by atoms with E-state index in [2.05, 4.69) is 0 Å². The van der Waals surface area contributed by atoms with Crippen LogP contribution in [-0.4, -0.2) is 12.5 Å². The van der Waals surface area contributed by atoms with Gasteiger partial charge in [-0.15, -0.1) is 12.4 Å². The Balaban J connectivity index is 0.00000176. The first-order chi connectivity index (χ1) is 10.2. The number of halogens is 1. The number of hydrogen-bond acceptors (Lipinski definition) is 2. The van der Waals surface area contributed by atoms with Crippen LogP contribution in [0.2, 0.25) is 0 Å². The number of nitrogens with zero attached hydrogens (tertiary/aromatic N) is 1. The third kappa shape index (κ3) is 4.25. The Morgan fingerprint density at radius 3 is 2.27 bits per heavy atom. The molecule has 0 heterocycles. The van der Waals surface area contributed by atoms with Crippen molar-refractivity contribution in [2.75, 3.05) is 17.2 Å². The van der Waals surface area contributed by atoms with E-state index in [1.165, 1.54) is 12.8 Å². The van der Waals surface area contributed by atoms with Crippen molar-refractivity contribution in [3.63, 3.8) is 0 Å². The van der Waals surface area contributed by atoms with Crippen molar-refractivity contribution >= 4 is 29.7 Å². The van der Waals surface area contributed by atoms with Crippen LogP contribution in [0.3, 0.4) is 0 Å². The van der Waals surface area contributed by atoms with Gasteiger partial charge < -0.3 is 10.6 Å². The number of benzene rings is 2. The van der Waals surface area contributed by atoms with Crippen LogP contribution in [0.25, 0.3) is 0 Å². The fourth-order valence-corrected chi connectivity index (χ4v) is 2.42. The quantitative estimate of drug-likeness (QED) is 0.855. The minimum Gasteiger partial charge on any atom is -0.399 e. The van der Waals surface area contributed by atoms with Crippen LogP contribution in [0.5, 0.6) is 0 Å². The first-order valence-electron chi connectivity index (χ1n) is 7.42. The first-order valence-corrected chi connectivity index (χ1v) is 7.42. The largest absolute Gasteiger partial charge is 0.399 e. The zero-order valence-corrected chi connectivity index (χ0v) is 13.3. The van der Waals surface area contributed by atoms with Crippen molar-refractivity contribution in [1.29, 1.82) is 0 Å². The average Bonchev–Trinajstić information content (AvgIpc) is 3.32. The van der Waals surface area contributed by atoms with Gasteiger partial charge in [0, 0.05) is 17.9 Å². The number of anilines is 2. The predicted molar refractivity (Wildman–Crippen MR) is 93.3 cm³/mol. The lowest BCUT2D eigenvalue weighted by Gasteiger charge is -2.23. The van der Waals surface area contributed by atoms with E-state index in [0.717, 1.165) is 23.5 Å². The fraction of sp³-hybridized carbons (Fsp3) is 0.278. The van der Waals surface area contributed by atoms with Gasteiger partial charge in [0.1, 0.15) is 0 Å². The highest BCUT2D eigenvalue weighted by Gasteiger charge is 2.27. The molecule has 0 unspecified atom stereocenters. The Kier molecular flexibility index (Phi) is 5.45. The molecule has 1 amide bonds. The second kappa shape index (κ2) is 7.32. The van der Waals surface area contributed by atoms with Gasteiger partial charge in [-0.25, -0.2) is 0 Å². The molecule has 1 aliphatic carbocycles. The number of carbonyl (C=O) groups excluding carboxylic acids is 1. The van der Waals surface area contributed by atoms with E-state index in [1.807, 2.05) is 59.5 Å². The predicted octanol–water partition coefficient (Wildman–Crippen LogP) is 3.68. The average molecular weight is 317 g/mol. The molecule has 2 N–H and O–H groups in total. The summed E-state index contributed by atoms with van der Waals surface area (Å²) in [4.78, 5) is 14.6. The lowest BCUT2D eigenvalue weighted by molar-refractivity contribution is -0.118. The lowest BCUT2D eigenvalue weighted by Crippen LogP contribution is -2.34. The second-order valence-electron chi connectivity index (χ2n) is 5.70. The Hall–Kier alpha value is -2.00. The molecule has 1 aliphatic rings. The zero-order valence-electron chi connectivity index (χ0n) is 12.4. The van der Waals surface area contributed by atoms with Crippen molar-refractivity contribution in [1.82, 2.24) is 0 Å². The Morgan fingerprint density at radius 2 is 1.68 bits per heavy atom. The van der Waals surface area contributed by atoms with E-state index in [4.69, 9.17) is 5.73 Å². The summed E-state index contributed by atoms with van der Waals surface area (Å²) in [7, 11) is 0. The highest BCUT2D eigenvalue weighted by Crippen LogP contribution is 2.31. The van der Waals surface area contributed by atoms with Crippen molar-refractivity contribution in [2.45, 2.75) is 19.3 Å². The van der Waals surface area contributed by atoms with Crippen molar-refractivity contribution in [3.8, 4) is 0 Å². The van der Waals surface area contributed by atoms with Crippen LogP contribution in [0.1, 0.15) is 18.4 Å². The molecule has 3 rings (SSSR count). The molecule has 3 nitrogen and oxygen atoms in total. The molecule has 1 saturated carbocycles. The Labute approximate surface area is 137 Å². The molecular formula is C18H21ClN2O. The van der Waals surface area contributed by atoms with Gasteiger partial charge in [0.15, 0.2) is 0 Å². The molecule has 22 heavy (non-hydrogen) atoms. The molecule has 2 aromatic carbocycles. The minimum absolute atomic E-state index is 0. The summed E-state index contributed by atoms with van der Waals surface area (Å²) >= 11 is 0. The maximum Gasteiger partial charge on any atom is 0.231 e. The smallest absolute Gasteiger partial charge is 0.231 e. The number of amides is 1. The van der Waals surface area contributed by atoms with Crippen LogP contribution in [0.15, 0.2) is 54.6 Å². The molecule has 1 fully saturated rings. The summed E-state index contributed by atoms with van der Waals surface area (Å²) in [6.45, 7) is 0.831. The van der Waals surface area contributed by atoms with Crippen LogP contribution >= 0.6 is 12.4 Å². The van der Waals surface area contributed by atoms with E-state index >= 15 is 0 Å². The molecular weight excluding hydrogens is 296 g/mol. The lowest BCUT2D eigenvalue weighted by atomic mass is 10.1. The first kappa shape index (κ1) is 16.4. The van der Waals surface area contributed by atoms with Crippen LogP contribution in [0, 0.1) is 5.92 Å². The van der Waals surface area contributed by atoms with Crippen LogP contribution in [0.4, 0.5) is 11.4 Å². The van der Waals surface area contributed by atoms with Crippen LogP contribution < -0.4 is 10.6 Å². The molecule has 0 aliphatic heterocycles. The summed E-state index contributed by atoms with van der Waals surface area (Å²) in [5, 5.41) is 0. The molecule has 0 radical (unpaired) electrons.